The van der Waals surface area contributed by atoms with Gasteiger partial charge in [-0.1, -0.05) is 13.8 Å². The molecule has 0 radical (unpaired) electrons. The van der Waals surface area contributed by atoms with Crippen molar-refractivity contribution < 1.29 is 4.79 Å². The number of guanidine groups is 1. The van der Waals surface area contributed by atoms with Gasteiger partial charge in [-0.15, -0.1) is 0 Å². The van der Waals surface area contributed by atoms with Crippen LogP contribution < -0.4 is 16.0 Å². The van der Waals surface area contributed by atoms with E-state index in [0.29, 0.717) is 19.6 Å². The number of nitrogens with zero attached hydrogens (tertiary/aromatic N) is 3. The zero-order valence-corrected chi connectivity index (χ0v) is 13.3. The predicted molar refractivity (Wildman–Crippen MR) is 83.9 cm³/mol. The van der Waals surface area contributed by atoms with E-state index >= 15 is 0 Å². The molecule has 21 heavy (non-hydrogen) atoms. The molecule has 1 aromatic heterocycles. The molecule has 0 aliphatic rings. The number of amides is 1. The summed E-state index contributed by atoms with van der Waals surface area (Å²) in [5, 5.41) is 13.3. The average Bonchev–Trinajstić information content (AvgIpc) is 2.85. The molecule has 0 aromatic carbocycles. The molecule has 0 aliphatic heterocycles. The number of carbonyl (C=O) groups excluding carboxylic acids is 1. The zero-order chi connectivity index (χ0) is 15.7. The Hall–Kier alpha value is -2.05. The first-order valence-electron chi connectivity index (χ1n) is 7.31. The molecule has 0 spiro atoms. The van der Waals surface area contributed by atoms with Crippen molar-refractivity contribution in [2.24, 2.45) is 18.0 Å². The molecular formula is C14H26N6O. The van der Waals surface area contributed by atoms with Crippen molar-refractivity contribution in [2.75, 3.05) is 19.6 Å². The molecule has 7 nitrogen and oxygen atoms in total. The van der Waals surface area contributed by atoms with Crippen molar-refractivity contribution in [3.8, 4) is 0 Å². The van der Waals surface area contributed by atoms with Gasteiger partial charge in [0.1, 0.15) is 0 Å². The van der Waals surface area contributed by atoms with E-state index in [4.69, 9.17) is 0 Å². The number of hydrogen-bond donors (Lipinski definition) is 3. The highest BCUT2D eigenvalue weighted by Crippen LogP contribution is 1.97. The Morgan fingerprint density at radius 3 is 2.62 bits per heavy atom. The molecule has 118 valence electrons. The fraction of sp³-hybridized carbons (Fsp3) is 0.643. The summed E-state index contributed by atoms with van der Waals surface area (Å²) in [4.78, 5) is 15.9. The third-order valence-corrected chi connectivity index (χ3v) is 2.91. The van der Waals surface area contributed by atoms with E-state index in [9.17, 15) is 4.79 Å². The number of aromatic nitrogens is 2. The highest BCUT2D eigenvalue weighted by Gasteiger charge is 2.05. The minimum Gasteiger partial charge on any atom is -0.357 e. The summed E-state index contributed by atoms with van der Waals surface area (Å²) in [6.07, 6.45) is 1.76. The van der Waals surface area contributed by atoms with E-state index in [1.165, 1.54) is 0 Å². The lowest BCUT2D eigenvalue weighted by molar-refractivity contribution is -0.123. The van der Waals surface area contributed by atoms with Crippen LogP contribution >= 0.6 is 0 Å². The Bertz CT molecular complexity index is 466. The SMILES string of the molecule is CCNC(=NCc1ccnn1C)NCCNC(=O)C(C)C. The van der Waals surface area contributed by atoms with Gasteiger partial charge < -0.3 is 16.0 Å². The molecular weight excluding hydrogens is 268 g/mol. The van der Waals surface area contributed by atoms with E-state index in [0.717, 1.165) is 18.2 Å². The van der Waals surface area contributed by atoms with Crippen molar-refractivity contribution in [2.45, 2.75) is 27.3 Å². The smallest absolute Gasteiger partial charge is 0.222 e. The highest BCUT2D eigenvalue weighted by atomic mass is 16.1. The maximum Gasteiger partial charge on any atom is 0.222 e. The van der Waals surface area contributed by atoms with Gasteiger partial charge in [0.2, 0.25) is 5.91 Å². The van der Waals surface area contributed by atoms with Crippen LogP contribution in [0.2, 0.25) is 0 Å². The minimum absolute atomic E-state index is 0.0109. The minimum atomic E-state index is 0.0109. The fourth-order valence-corrected chi connectivity index (χ4v) is 1.63. The van der Waals surface area contributed by atoms with Crippen LogP contribution in [0.4, 0.5) is 0 Å². The van der Waals surface area contributed by atoms with Gasteiger partial charge in [0.05, 0.1) is 12.2 Å². The number of hydrogen-bond acceptors (Lipinski definition) is 3. The maximum absolute atomic E-state index is 11.4. The second-order valence-corrected chi connectivity index (χ2v) is 5.01. The molecule has 1 rings (SSSR count). The van der Waals surface area contributed by atoms with Crippen LogP contribution in [0.3, 0.4) is 0 Å². The second kappa shape index (κ2) is 8.99. The van der Waals surface area contributed by atoms with Gasteiger partial charge in [-0.05, 0) is 13.0 Å². The normalized spacial score (nSPS) is 11.6. The standard InChI is InChI=1S/C14H26N6O/c1-5-15-14(17-9-8-16-13(21)11(2)3)18-10-12-6-7-19-20(12)4/h6-7,11H,5,8-10H2,1-4H3,(H,16,21)(H2,15,17,18). The number of aliphatic imine (C=N–C) groups is 1. The Morgan fingerprint density at radius 2 is 2.05 bits per heavy atom. The van der Waals surface area contributed by atoms with Gasteiger partial charge in [-0.2, -0.15) is 5.10 Å². The fourth-order valence-electron chi connectivity index (χ4n) is 1.63. The molecule has 0 bridgehead atoms. The summed E-state index contributed by atoms with van der Waals surface area (Å²) in [5.74, 6) is 0.808. The Balaban J connectivity index is 2.39. The van der Waals surface area contributed by atoms with Gasteiger partial charge in [0.25, 0.3) is 0 Å². The molecule has 7 heteroatoms. The van der Waals surface area contributed by atoms with Crippen LogP contribution in [0, 0.1) is 5.92 Å². The molecule has 0 aliphatic carbocycles. The van der Waals surface area contributed by atoms with Crippen molar-refractivity contribution in [1.82, 2.24) is 25.7 Å². The largest absolute Gasteiger partial charge is 0.357 e. The van der Waals surface area contributed by atoms with Crippen molar-refractivity contribution >= 4 is 11.9 Å². The Morgan fingerprint density at radius 1 is 1.33 bits per heavy atom. The van der Waals surface area contributed by atoms with E-state index in [1.54, 1.807) is 10.9 Å². The van der Waals surface area contributed by atoms with Crippen LogP contribution in [0.1, 0.15) is 26.5 Å². The number of aryl methyl sites for hydroxylation is 1. The monoisotopic (exact) mass is 294 g/mol. The summed E-state index contributed by atoms with van der Waals surface area (Å²) in [5.41, 5.74) is 1.04. The maximum atomic E-state index is 11.4. The van der Waals surface area contributed by atoms with Crippen molar-refractivity contribution in [3.05, 3.63) is 18.0 Å². The van der Waals surface area contributed by atoms with Crippen LogP contribution in [-0.2, 0) is 18.4 Å². The average molecular weight is 294 g/mol. The first-order chi connectivity index (χ1) is 10.0. The van der Waals surface area contributed by atoms with Gasteiger partial charge in [0.15, 0.2) is 5.96 Å². The predicted octanol–water partition coefficient (Wildman–Crippen LogP) is 0.247. The molecule has 0 saturated carbocycles. The third-order valence-electron chi connectivity index (χ3n) is 2.91. The molecule has 1 aromatic rings. The highest BCUT2D eigenvalue weighted by molar-refractivity contribution is 5.80. The van der Waals surface area contributed by atoms with Crippen LogP contribution in [0.15, 0.2) is 17.3 Å². The molecule has 0 atom stereocenters. The van der Waals surface area contributed by atoms with Crippen molar-refractivity contribution in [3.63, 3.8) is 0 Å². The van der Waals surface area contributed by atoms with Gasteiger partial charge in [-0.25, -0.2) is 4.99 Å². The van der Waals surface area contributed by atoms with Crippen LogP contribution in [0.25, 0.3) is 0 Å². The number of rotatable bonds is 7. The molecule has 1 heterocycles. The number of carbonyl (C=O) groups is 1. The van der Waals surface area contributed by atoms with Gasteiger partial charge in [0, 0.05) is 38.8 Å². The summed E-state index contributed by atoms with van der Waals surface area (Å²) in [7, 11) is 1.90. The van der Waals surface area contributed by atoms with Crippen LogP contribution in [-0.4, -0.2) is 41.3 Å². The van der Waals surface area contributed by atoms with Crippen LogP contribution in [0.5, 0.6) is 0 Å². The lowest BCUT2D eigenvalue weighted by Crippen LogP contribution is -2.42. The van der Waals surface area contributed by atoms with E-state index in [2.05, 4.69) is 26.0 Å². The lowest BCUT2D eigenvalue weighted by atomic mass is 10.2. The first kappa shape index (κ1) is 17.0. The van der Waals surface area contributed by atoms with E-state index in [-0.39, 0.29) is 11.8 Å². The van der Waals surface area contributed by atoms with E-state index < -0.39 is 0 Å². The lowest BCUT2D eigenvalue weighted by Gasteiger charge is -2.12. The second-order valence-electron chi connectivity index (χ2n) is 5.01. The molecule has 0 unspecified atom stereocenters. The molecule has 1 amide bonds. The Kier molecular flexibility index (Phi) is 7.28. The summed E-state index contributed by atoms with van der Waals surface area (Å²) >= 11 is 0. The molecule has 0 fully saturated rings. The molecule has 0 saturated heterocycles. The van der Waals surface area contributed by atoms with Crippen molar-refractivity contribution in [1.29, 1.82) is 0 Å². The summed E-state index contributed by atoms with van der Waals surface area (Å²) in [6, 6.07) is 1.94. The quantitative estimate of drug-likeness (QED) is 0.382. The zero-order valence-electron chi connectivity index (χ0n) is 13.3. The topological polar surface area (TPSA) is 83.3 Å². The van der Waals surface area contributed by atoms with Gasteiger partial charge in [-0.3, -0.25) is 9.48 Å². The summed E-state index contributed by atoms with van der Waals surface area (Å²) < 4.78 is 1.80. The number of nitrogens with one attached hydrogen (secondary N) is 3. The molecule has 3 N–H and O–H groups in total. The van der Waals surface area contributed by atoms with E-state index in [1.807, 2.05) is 33.9 Å². The summed E-state index contributed by atoms with van der Waals surface area (Å²) in [6.45, 7) is 8.33. The van der Waals surface area contributed by atoms with Gasteiger partial charge >= 0.3 is 0 Å². The first-order valence-corrected chi connectivity index (χ1v) is 7.31. The third kappa shape index (κ3) is 6.29. The Labute approximate surface area is 126 Å².